The predicted molar refractivity (Wildman–Crippen MR) is 166 cm³/mol. The number of nitrogens with zero attached hydrogens (tertiary/aromatic N) is 3. The van der Waals surface area contributed by atoms with Crippen molar-refractivity contribution in [1.29, 1.82) is 0 Å². The van der Waals surface area contributed by atoms with E-state index >= 15 is 0 Å². The maximum atomic E-state index is 13.0. The zero-order valence-electron chi connectivity index (χ0n) is 27.3. The SMILES string of the molecule is CCC(C)(CNC(=O)CCC(NN)C(=O)O)COCC(C)(CC)CNC(=O)CN1CCN(CC(=O)O)CCN(CC(=O)O)CC1. The minimum atomic E-state index is -1.12. The van der Waals surface area contributed by atoms with Crippen LogP contribution in [0.5, 0.6) is 0 Å². The van der Waals surface area contributed by atoms with Gasteiger partial charge in [-0.2, -0.15) is 0 Å². The van der Waals surface area contributed by atoms with Gasteiger partial charge in [-0.05, 0) is 19.3 Å². The first-order valence-corrected chi connectivity index (χ1v) is 15.5. The number of nitrogens with two attached hydrogens (primary N) is 1. The molecule has 8 N–H and O–H groups in total. The molecule has 3 atom stereocenters. The van der Waals surface area contributed by atoms with E-state index in [0.717, 1.165) is 12.8 Å². The second kappa shape index (κ2) is 20.3. The monoisotopic (exact) mass is 645 g/mol. The van der Waals surface area contributed by atoms with Crippen LogP contribution in [0, 0.1) is 10.8 Å². The number of carbonyl (C=O) groups is 5. The molecule has 1 heterocycles. The molecule has 1 rings (SSSR count). The highest BCUT2D eigenvalue weighted by Crippen LogP contribution is 2.25. The number of hydrogen-bond donors (Lipinski definition) is 7. The van der Waals surface area contributed by atoms with Gasteiger partial charge in [0.25, 0.3) is 0 Å². The van der Waals surface area contributed by atoms with Crippen molar-refractivity contribution in [3.63, 3.8) is 0 Å². The largest absolute Gasteiger partial charge is 0.480 e. The second-order valence-electron chi connectivity index (χ2n) is 12.6. The number of nitrogens with one attached hydrogen (secondary N) is 3. The lowest BCUT2D eigenvalue weighted by Gasteiger charge is -2.33. The van der Waals surface area contributed by atoms with E-state index in [4.69, 9.17) is 15.7 Å². The molecule has 1 aliphatic rings. The van der Waals surface area contributed by atoms with Crippen LogP contribution in [-0.4, -0.2) is 151 Å². The Balaban J connectivity index is 2.61. The average molecular weight is 646 g/mol. The van der Waals surface area contributed by atoms with Crippen LogP contribution in [0.1, 0.15) is 53.4 Å². The number of rotatable bonds is 21. The molecule has 0 aromatic carbocycles. The van der Waals surface area contributed by atoms with Gasteiger partial charge in [0.2, 0.25) is 11.8 Å². The van der Waals surface area contributed by atoms with Gasteiger partial charge in [0.1, 0.15) is 6.04 Å². The van der Waals surface area contributed by atoms with E-state index in [1.54, 1.807) is 9.80 Å². The minimum absolute atomic E-state index is 0.0219. The first-order valence-electron chi connectivity index (χ1n) is 15.5. The van der Waals surface area contributed by atoms with Gasteiger partial charge in [-0.3, -0.25) is 44.5 Å². The van der Waals surface area contributed by atoms with Crippen molar-refractivity contribution < 1.29 is 44.0 Å². The first kappa shape index (κ1) is 40.1. The van der Waals surface area contributed by atoms with Crippen molar-refractivity contribution in [2.24, 2.45) is 16.7 Å². The lowest BCUT2D eigenvalue weighted by Crippen LogP contribution is -2.46. The summed E-state index contributed by atoms with van der Waals surface area (Å²) < 4.78 is 6.11. The molecule has 0 spiro atoms. The molecule has 1 fully saturated rings. The summed E-state index contributed by atoms with van der Waals surface area (Å²) in [5.74, 6) is 1.74. The summed E-state index contributed by atoms with van der Waals surface area (Å²) in [6, 6.07) is -0.995. The molecule has 0 bridgehead atoms. The third kappa shape index (κ3) is 16.8. The van der Waals surface area contributed by atoms with Crippen LogP contribution in [0.15, 0.2) is 0 Å². The first-order chi connectivity index (χ1) is 21.1. The van der Waals surface area contributed by atoms with Crippen LogP contribution in [0.4, 0.5) is 0 Å². The molecular formula is C29H55N7O9. The molecule has 2 amide bonds. The van der Waals surface area contributed by atoms with Crippen LogP contribution in [0.3, 0.4) is 0 Å². The summed E-state index contributed by atoms with van der Waals surface area (Å²) in [5.41, 5.74) is 1.48. The lowest BCUT2D eigenvalue weighted by atomic mass is 9.87. The fourth-order valence-corrected chi connectivity index (χ4v) is 4.67. The number of hydrogen-bond acceptors (Lipinski definition) is 11. The molecule has 0 aromatic heterocycles. The molecule has 16 nitrogen and oxygen atoms in total. The zero-order valence-corrected chi connectivity index (χ0v) is 27.3. The Labute approximate surface area is 265 Å². The van der Waals surface area contributed by atoms with E-state index in [0.29, 0.717) is 65.6 Å². The van der Waals surface area contributed by atoms with Crippen LogP contribution in [-0.2, 0) is 28.7 Å². The maximum absolute atomic E-state index is 13.0. The number of carbonyl (C=O) groups excluding carboxylic acids is 2. The molecule has 0 aliphatic carbocycles. The number of hydrazine groups is 1. The van der Waals surface area contributed by atoms with Crippen molar-refractivity contribution in [1.82, 2.24) is 30.8 Å². The van der Waals surface area contributed by atoms with Crippen LogP contribution in [0.25, 0.3) is 0 Å². The Morgan fingerprint density at radius 2 is 1.13 bits per heavy atom. The quantitative estimate of drug-likeness (QED) is 0.0578. The van der Waals surface area contributed by atoms with E-state index in [9.17, 15) is 34.2 Å². The number of carboxylic acid groups (broad SMARTS) is 3. The molecule has 45 heavy (non-hydrogen) atoms. The fourth-order valence-electron chi connectivity index (χ4n) is 4.67. The number of amides is 2. The Hall–Kier alpha value is -2.89. The van der Waals surface area contributed by atoms with E-state index in [1.165, 1.54) is 0 Å². The van der Waals surface area contributed by atoms with Crippen LogP contribution >= 0.6 is 0 Å². The molecule has 3 unspecified atom stereocenters. The van der Waals surface area contributed by atoms with Crippen molar-refractivity contribution in [3.05, 3.63) is 0 Å². The second-order valence-corrected chi connectivity index (χ2v) is 12.6. The van der Waals surface area contributed by atoms with Gasteiger partial charge in [0.15, 0.2) is 0 Å². The third-order valence-electron chi connectivity index (χ3n) is 8.47. The summed E-state index contributed by atoms with van der Waals surface area (Å²) >= 11 is 0. The Morgan fingerprint density at radius 3 is 1.49 bits per heavy atom. The van der Waals surface area contributed by atoms with Crippen molar-refractivity contribution in [2.75, 3.05) is 85.2 Å². The number of carboxylic acids is 3. The van der Waals surface area contributed by atoms with Crippen LogP contribution < -0.4 is 21.9 Å². The van der Waals surface area contributed by atoms with Gasteiger partial charge in [0.05, 0.1) is 32.8 Å². The summed E-state index contributed by atoms with van der Waals surface area (Å²) in [6.07, 6.45) is 1.57. The predicted octanol–water partition coefficient (Wildman–Crippen LogP) is -1.15. The normalized spacial score (nSPS) is 18.8. The standard InChI is InChI=1S/C29H55N7O9/c1-5-28(3,18-31-23(37)8-7-22(33-30)27(43)44)20-45-21-29(4,6-2)19-32-24(38)15-34-9-11-35(16-25(39)40)13-14-36(12-10-34)17-26(41)42/h22,33H,5-21,30H2,1-4H3,(H,31,37)(H,32,38)(H,39,40)(H,41,42)(H,43,44). The molecule has 0 aromatic rings. The Kier molecular flexibility index (Phi) is 18.1. The Morgan fingerprint density at radius 1 is 0.733 bits per heavy atom. The number of ether oxygens (including phenoxy) is 1. The highest BCUT2D eigenvalue weighted by molar-refractivity contribution is 5.78. The molecular weight excluding hydrogens is 590 g/mol. The summed E-state index contributed by atoms with van der Waals surface area (Å²) in [5, 5.41) is 33.4. The molecule has 0 saturated carbocycles. The maximum Gasteiger partial charge on any atom is 0.322 e. The van der Waals surface area contributed by atoms with E-state index in [-0.39, 0.29) is 55.1 Å². The van der Waals surface area contributed by atoms with Gasteiger partial charge in [-0.1, -0.05) is 27.7 Å². The minimum Gasteiger partial charge on any atom is -0.480 e. The highest BCUT2D eigenvalue weighted by Gasteiger charge is 2.29. The van der Waals surface area contributed by atoms with E-state index in [1.807, 2.05) is 32.6 Å². The van der Waals surface area contributed by atoms with Gasteiger partial charge in [-0.25, -0.2) is 5.43 Å². The smallest absolute Gasteiger partial charge is 0.322 e. The summed E-state index contributed by atoms with van der Waals surface area (Å²) in [7, 11) is 0. The number of aliphatic carboxylic acids is 3. The zero-order chi connectivity index (χ0) is 34.0. The van der Waals surface area contributed by atoms with Gasteiger partial charge >= 0.3 is 17.9 Å². The molecule has 1 saturated heterocycles. The van der Waals surface area contributed by atoms with Crippen molar-refractivity contribution in [2.45, 2.75) is 59.4 Å². The fraction of sp³-hybridized carbons (Fsp3) is 0.828. The van der Waals surface area contributed by atoms with E-state index in [2.05, 4.69) is 16.1 Å². The topological polar surface area (TPSA) is 227 Å². The lowest BCUT2D eigenvalue weighted by molar-refractivity contribution is -0.140. The van der Waals surface area contributed by atoms with Crippen LogP contribution in [0.2, 0.25) is 0 Å². The van der Waals surface area contributed by atoms with Gasteiger partial charge < -0.3 is 30.7 Å². The van der Waals surface area contributed by atoms with Gasteiger partial charge in [-0.15, -0.1) is 0 Å². The molecule has 0 radical (unpaired) electrons. The molecule has 1 aliphatic heterocycles. The third-order valence-corrected chi connectivity index (χ3v) is 8.47. The highest BCUT2D eigenvalue weighted by atomic mass is 16.5. The molecule has 260 valence electrons. The average Bonchev–Trinajstić information content (AvgIpc) is 3.06. The van der Waals surface area contributed by atoms with E-state index < -0.39 is 23.9 Å². The Bertz CT molecular complexity index is 944. The summed E-state index contributed by atoms with van der Waals surface area (Å²) in [6.45, 7) is 12.1. The van der Waals surface area contributed by atoms with Gasteiger partial charge in [0, 0.05) is 69.6 Å². The summed E-state index contributed by atoms with van der Waals surface area (Å²) in [4.78, 5) is 64.3. The van der Waals surface area contributed by atoms with Crippen molar-refractivity contribution >= 4 is 29.7 Å². The van der Waals surface area contributed by atoms with Crippen molar-refractivity contribution in [3.8, 4) is 0 Å². The molecule has 16 heteroatoms.